The van der Waals surface area contributed by atoms with Crippen LogP contribution in [0.4, 0.5) is 13.2 Å². The SMILES string of the molecule is COC(=O)C(C)C(C(=O)O)C(C)(C)C(=O)OCc1ccc(C(F)(F)F)cc1. The molecule has 0 spiro atoms. The number of esters is 2. The van der Waals surface area contributed by atoms with E-state index >= 15 is 0 Å². The number of alkyl halides is 3. The standard InChI is InChI=1S/C18H21F3O6/c1-10(15(24)26-4)13(14(22)23)17(2,3)16(25)27-9-11-5-7-12(8-6-11)18(19,20)21/h5-8,10,13H,9H2,1-4H3,(H,22,23). The minimum absolute atomic E-state index is 0.306. The number of ether oxygens (including phenoxy) is 2. The van der Waals surface area contributed by atoms with Gasteiger partial charge in [0.05, 0.1) is 29.9 Å². The molecule has 0 fully saturated rings. The third-order valence-electron chi connectivity index (χ3n) is 4.29. The van der Waals surface area contributed by atoms with E-state index in [1.165, 1.54) is 20.8 Å². The minimum atomic E-state index is -4.48. The van der Waals surface area contributed by atoms with Gasteiger partial charge in [-0.05, 0) is 31.5 Å². The van der Waals surface area contributed by atoms with Crippen LogP contribution in [0.2, 0.25) is 0 Å². The molecule has 0 aliphatic rings. The molecule has 1 rings (SSSR count). The molecular weight excluding hydrogens is 369 g/mol. The lowest BCUT2D eigenvalue weighted by Crippen LogP contribution is -2.44. The Hall–Kier alpha value is -2.58. The molecule has 6 nitrogen and oxygen atoms in total. The summed E-state index contributed by atoms with van der Waals surface area (Å²) in [5, 5.41) is 9.44. The molecule has 0 heterocycles. The first-order valence-corrected chi connectivity index (χ1v) is 7.96. The van der Waals surface area contributed by atoms with Crippen molar-refractivity contribution in [1.82, 2.24) is 0 Å². The van der Waals surface area contributed by atoms with Gasteiger partial charge in [0.25, 0.3) is 0 Å². The smallest absolute Gasteiger partial charge is 0.416 e. The van der Waals surface area contributed by atoms with Crippen molar-refractivity contribution in [1.29, 1.82) is 0 Å². The predicted molar refractivity (Wildman–Crippen MR) is 87.3 cm³/mol. The quantitative estimate of drug-likeness (QED) is 0.719. The zero-order valence-electron chi connectivity index (χ0n) is 15.3. The second-order valence-electron chi connectivity index (χ2n) is 6.62. The second-order valence-corrected chi connectivity index (χ2v) is 6.62. The molecule has 2 unspecified atom stereocenters. The van der Waals surface area contributed by atoms with Gasteiger partial charge in [-0.15, -0.1) is 0 Å². The van der Waals surface area contributed by atoms with Crippen molar-refractivity contribution in [3.05, 3.63) is 35.4 Å². The highest BCUT2D eigenvalue weighted by Gasteiger charge is 2.48. The van der Waals surface area contributed by atoms with E-state index in [4.69, 9.17) is 4.74 Å². The van der Waals surface area contributed by atoms with Crippen LogP contribution in [0.15, 0.2) is 24.3 Å². The molecule has 150 valence electrons. The van der Waals surface area contributed by atoms with Gasteiger partial charge >= 0.3 is 24.1 Å². The van der Waals surface area contributed by atoms with E-state index in [1.807, 2.05) is 0 Å². The normalized spacial score (nSPS) is 14.2. The number of hydrogen-bond acceptors (Lipinski definition) is 5. The molecular formula is C18H21F3O6. The second kappa shape index (κ2) is 8.41. The summed E-state index contributed by atoms with van der Waals surface area (Å²) in [6, 6.07) is 4.03. The zero-order valence-corrected chi connectivity index (χ0v) is 15.3. The average molecular weight is 390 g/mol. The molecule has 27 heavy (non-hydrogen) atoms. The van der Waals surface area contributed by atoms with Gasteiger partial charge < -0.3 is 14.6 Å². The number of carboxylic acid groups (broad SMARTS) is 1. The molecule has 1 aromatic carbocycles. The van der Waals surface area contributed by atoms with E-state index < -0.39 is 46.9 Å². The highest BCUT2D eigenvalue weighted by atomic mass is 19.4. The van der Waals surface area contributed by atoms with E-state index in [-0.39, 0.29) is 6.61 Å². The number of carbonyl (C=O) groups excluding carboxylic acids is 2. The molecule has 0 saturated heterocycles. The van der Waals surface area contributed by atoms with E-state index in [0.717, 1.165) is 31.4 Å². The topological polar surface area (TPSA) is 89.9 Å². The fourth-order valence-corrected chi connectivity index (χ4v) is 2.72. The number of halogens is 3. The van der Waals surface area contributed by atoms with Crippen molar-refractivity contribution < 1.29 is 42.1 Å². The predicted octanol–water partition coefficient (Wildman–Crippen LogP) is 3.28. The molecule has 0 radical (unpaired) electrons. The highest BCUT2D eigenvalue weighted by molar-refractivity contribution is 5.88. The van der Waals surface area contributed by atoms with Crippen molar-refractivity contribution in [3.8, 4) is 0 Å². The molecule has 0 bridgehead atoms. The molecule has 0 aliphatic heterocycles. The van der Waals surface area contributed by atoms with Gasteiger partial charge in [-0.2, -0.15) is 13.2 Å². The maximum Gasteiger partial charge on any atom is 0.416 e. The summed E-state index contributed by atoms with van der Waals surface area (Å²) in [6.07, 6.45) is -4.48. The third-order valence-corrected chi connectivity index (χ3v) is 4.29. The fraction of sp³-hybridized carbons (Fsp3) is 0.500. The number of hydrogen-bond donors (Lipinski definition) is 1. The van der Waals surface area contributed by atoms with Crippen molar-refractivity contribution >= 4 is 17.9 Å². The number of methoxy groups -OCH3 is 1. The Balaban J connectivity index is 2.89. The van der Waals surface area contributed by atoms with Crippen molar-refractivity contribution in [2.75, 3.05) is 7.11 Å². The van der Waals surface area contributed by atoms with Crippen LogP contribution in [0.1, 0.15) is 31.9 Å². The maximum absolute atomic E-state index is 12.5. The van der Waals surface area contributed by atoms with Crippen LogP contribution in [0.25, 0.3) is 0 Å². The van der Waals surface area contributed by atoms with Gasteiger partial charge in [0.15, 0.2) is 0 Å². The summed E-state index contributed by atoms with van der Waals surface area (Å²) in [7, 11) is 1.10. The summed E-state index contributed by atoms with van der Waals surface area (Å²) in [4.78, 5) is 35.7. The summed E-state index contributed by atoms with van der Waals surface area (Å²) in [5.41, 5.74) is -2.11. The lowest BCUT2D eigenvalue weighted by atomic mass is 9.72. The number of aliphatic carboxylic acids is 1. The molecule has 9 heteroatoms. The number of carboxylic acids is 1. The molecule has 2 atom stereocenters. The largest absolute Gasteiger partial charge is 0.481 e. The van der Waals surface area contributed by atoms with E-state index in [1.54, 1.807) is 0 Å². The lowest BCUT2D eigenvalue weighted by molar-refractivity contribution is -0.172. The van der Waals surface area contributed by atoms with Crippen molar-refractivity contribution in [2.45, 2.75) is 33.6 Å². The van der Waals surface area contributed by atoms with Crippen LogP contribution in [0, 0.1) is 17.3 Å². The van der Waals surface area contributed by atoms with Crippen LogP contribution in [-0.2, 0) is 36.6 Å². The number of carbonyl (C=O) groups is 3. The van der Waals surface area contributed by atoms with Crippen LogP contribution in [-0.4, -0.2) is 30.1 Å². The summed E-state index contributed by atoms with van der Waals surface area (Å²) in [6.45, 7) is 3.63. The van der Waals surface area contributed by atoms with E-state index in [9.17, 15) is 32.7 Å². The molecule has 0 amide bonds. The van der Waals surface area contributed by atoms with E-state index in [2.05, 4.69) is 4.74 Å². The first-order chi connectivity index (χ1) is 12.3. The number of benzene rings is 1. The van der Waals surface area contributed by atoms with Crippen LogP contribution < -0.4 is 0 Å². The molecule has 0 saturated carbocycles. The molecule has 0 aromatic heterocycles. The van der Waals surface area contributed by atoms with Crippen LogP contribution in [0.3, 0.4) is 0 Å². The molecule has 1 aromatic rings. The van der Waals surface area contributed by atoms with Gasteiger partial charge in [-0.3, -0.25) is 14.4 Å². The van der Waals surface area contributed by atoms with Gasteiger partial charge in [-0.1, -0.05) is 19.1 Å². The van der Waals surface area contributed by atoms with Gasteiger partial charge in [0, 0.05) is 0 Å². The Labute approximate surface area is 154 Å². The van der Waals surface area contributed by atoms with Crippen LogP contribution in [0.5, 0.6) is 0 Å². The summed E-state index contributed by atoms with van der Waals surface area (Å²) in [5.74, 6) is -5.58. The summed E-state index contributed by atoms with van der Waals surface area (Å²) < 4.78 is 47.3. The Bertz CT molecular complexity index is 694. The maximum atomic E-state index is 12.5. The molecule has 0 aliphatic carbocycles. The zero-order chi connectivity index (χ0) is 21.0. The highest BCUT2D eigenvalue weighted by Crippen LogP contribution is 2.35. The Morgan fingerprint density at radius 1 is 1.11 bits per heavy atom. The lowest BCUT2D eigenvalue weighted by Gasteiger charge is -2.32. The van der Waals surface area contributed by atoms with Crippen LogP contribution >= 0.6 is 0 Å². The van der Waals surface area contributed by atoms with Gasteiger partial charge in [-0.25, -0.2) is 0 Å². The summed E-state index contributed by atoms with van der Waals surface area (Å²) >= 11 is 0. The van der Waals surface area contributed by atoms with E-state index in [0.29, 0.717) is 5.56 Å². The average Bonchev–Trinajstić information content (AvgIpc) is 2.57. The van der Waals surface area contributed by atoms with Crippen molar-refractivity contribution in [3.63, 3.8) is 0 Å². The third kappa shape index (κ3) is 5.45. The van der Waals surface area contributed by atoms with Gasteiger partial charge in [0.2, 0.25) is 0 Å². The number of rotatable bonds is 7. The van der Waals surface area contributed by atoms with Gasteiger partial charge in [0.1, 0.15) is 6.61 Å². The molecule has 1 N–H and O–H groups in total. The minimum Gasteiger partial charge on any atom is -0.481 e. The first kappa shape index (κ1) is 22.5. The van der Waals surface area contributed by atoms with Crippen molar-refractivity contribution in [2.24, 2.45) is 17.3 Å². The monoisotopic (exact) mass is 390 g/mol. The Morgan fingerprint density at radius 3 is 2.04 bits per heavy atom. The Morgan fingerprint density at radius 2 is 1.63 bits per heavy atom. The fourth-order valence-electron chi connectivity index (χ4n) is 2.72. The Kier molecular flexibility index (Phi) is 6.99. The first-order valence-electron chi connectivity index (χ1n) is 7.96.